The molecule has 0 N–H and O–H groups in total. The average molecular weight is 343 g/mol. The van der Waals surface area contributed by atoms with Gasteiger partial charge in [0.25, 0.3) is 11.5 Å². The zero-order valence-electron chi connectivity index (χ0n) is 15.1. The molecule has 2 aromatic rings. The molecule has 25 heavy (non-hydrogen) atoms. The Hall–Kier alpha value is -2.63. The fourth-order valence-electron chi connectivity index (χ4n) is 2.34. The van der Waals surface area contributed by atoms with E-state index in [4.69, 9.17) is 4.74 Å². The van der Waals surface area contributed by atoms with Crippen LogP contribution >= 0.6 is 0 Å². The number of carbonyl (C=O) groups is 1. The van der Waals surface area contributed by atoms with E-state index in [9.17, 15) is 9.59 Å². The van der Waals surface area contributed by atoms with Crippen molar-refractivity contribution in [1.82, 2.24) is 14.7 Å². The predicted octanol–water partition coefficient (Wildman–Crippen LogP) is 2.50. The highest BCUT2D eigenvalue weighted by molar-refractivity contribution is 5.91. The summed E-state index contributed by atoms with van der Waals surface area (Å²) in [6.45, 7) is 5.37. The number of likely N-dealkylation sites (N-methyl/N-ethyl adjacent to an activating group) is 1. The van der Waals surface area contributed by atoms with Crippen LogP contribution in [-0.2, 0) is 6.54 Å². The van der Waals surface area contributed by atoms with E-state index in [2.05, 4.69) is 5.10 Å². The topological polar surface area (TPSA) is 64.4 Å². The largest absolute Gasteiger partial charge is 0.491 e. The summed E-state index contributed by atoms with van der Waals surface area (Å²) in [5.41, 5.74) is 1.14. The van der Waals surface area contributed by atoms with Crippen LogP contribution in [0.4, 0.5) is 0 Å². The van der Waals surface area contributed by atoms with Gasteiger partial charge in [-0.25, -0.2) is 4.68 Å². The van der Waals surface area contributed by atoms with Gasteiger partial charge in [0.1, 0.15) is 18.1 Å². The molecular weight excluding hydrogens is 318 g/mol. The highest BCUT2D eigenvalue weighted by Crippen LogP contribution is 2.15. The first kappa shape index (κ1) is 18.7. The smallest absolute Gasteiger partial charge is 0.274 e. The number of hydrogen-bond donors (Lipinski definition) is 0. The van der Waals surface area contributed by atoms with Crippen molar-refractivity contribution in [3.05, 3.63) is 58.0 Å². The third kappa shape index (κ3) is 5.17. The maximum atomic E-state index is 12.5. The number of rotatable bonds is 8. The van der Waals surface area contributed by atoms with Crippen molar-refractivity contribution in [1.29, 1.82) is 0 Å². The van der Waals surface area contributed by atoms with Crippen LogP contribution in [0.25, 0.3) is 0 Å². The van der Waals surface area contributed by atoms with Gasteiger partial charge < -0.3 is 9.64 Å². The van der Waals surface area contributed by atoms with Crippen molar-refractivity contribution >= 4 is 5.91 Å². The summed E-state index contributed by atoms with van der Waals surface area (Å²) >= 11 is 0. The second-order valence-corrected chi connectivity index (χ2v) is 5.97. The van der Waals surface area contributed by atoms with Crippen LogP contribution in [0.15, 0.2) is 41.2 Å². The van der Waals surface area contributed by atoms with E-state index in [0.717, 1.165) is 24.2 Å². The molecule has 134 valence electrons. The van der Waals surface area contributed by atoms with Gasteiger partial charge in [0.15, 0.2) is 0 Å². The van der Waals surface area contributed by atoms with Crippen LogP contribution in [0.1, 0.15) is 35.8 Å². The first-order valence-electron chi connectivity index (χ1n) is 8.55. The predicted molar refractivity (Wildman–Crippen MR) is 97.0 cm³/mol. The van der Waals surface area contributed by atoms with Gasteiger partial charge in [-0.1, -0.05) is 31.5 Å². The number of benzene rings is 1. The maximum absolute atomic E-state index is 12.5. The van der Waals surface area contributed by atoms with E-state index in [1.54, 1.807) is 11.9 Å². The standard InChI is InChI=1S/C19H25N3O3/c1-4-5-12-22-18(23)11-10-16(20-22)19(24)21(3)13-14-25-17-9-7-6-8-15(17)2/h6-11H,4-5,12-14H2,1-3H3. The quantitative estimate of drug-likeness (QED) is 0.739. The summed E-state index contributed by atoms with van der Waals surface area (Å²) < 4.78 is 7.08. The summed E-state index contributed by atoms with van der Waals surface area (Å²) in [4.78, 5) is 25.8. The van der Waals surface area contributed by atoms with Gasteiger partial charge in [0, 0.05) is 19.7 Å². The van der Waals surface area contributed by atoms with E-state index in [1.165, 1.54) is 16.8 Å². The number of ether oxygens (including phenoxy) is 1. The Morgan fingerprint density at radius 3 is 2.72 bits per heavy atom. The lowest BCUT2D eigenvalue weighted by Crippen LogP contribution is -2.33. The number of para-hydroxylation sites is 1. The molecule has 0 aliphatic heterocycles. The van der Waals surface area contributed by atoms with Crippen LogP contribution < -0.4 is 10.3 Å². The van der Waals surface area contributed by atoms with Gasteiger partial charge in [-0.3, -0.25) is 9.59 Å². The van der Waals surface area contributed by atoms with E-state index >= 15 is 0 Å². The highest BCUT2D eigenvalue weighted by atomic mass is 16.5. The Kier molecular flexibility index (Phi) is 6.74. The molecule has 1 heterocycles. The molecular formula is C19H25N3O3. The number of nitrogens with zero attached hydrogens (tertiary/aromatic N) is 3. The third-order valence-electron chi connectivity index (χ3n) is 3.93. The second-order valence-electron chi connectivity index (χ2n) is 5.97. The van der Waals surface area contributed by atoms with E-state index < -0.39 is 0 Å². The van der Waals surface area contributed by atoms with E-state index in [1.807, 2.05) is 38.1 Å². The Morgan fingerprint density at radius 1 is 1.24 bits per heavy atom. The van der Waals surface area contributed by atoms with Crippen molar-refractivity contribution in [3.63, 3.8) is 0 Å². The fourth-order valence-corrected chi connectivity index (χ4v) is 2.34. The summed E-state index contributed by atoms with van der Waals surface area (Å²) in [6, 6.07) is 10.6. The van der Waals surface area contributed by atoms with Gasteiger partial charge >= 0.3 is 0 Å². The number of aryl methyl sites for hydroxylation is 2. The molecule has 0 bridgehead atoms. The highest BCUT2D eigenvalue weighted by Gasteiger charge is 2.14. The summed E-state index contributed by atoms with van der Waals surface area (Å²) in [6.07, 6.45) is 1.81. The third-order valence-corrected chi connectivity index (χ3v) is 3.93. The number of aromatic nitrogens is 2. The lowest BCUT2D eigenvalue weighted by Gasteiger charge is -2.18. The first-order valence-corrected chi connectivity index (χ1v) is 8.55. The zero-order chi connectivity index (χ0) is 18.2. The van der Waals surface area contributed by atoms with Crippen LogP contribution in [0.2, 0.25) is 0 Å². The molecule has 0 fully saturated rings. The van der Waals surface area contributed by atoms with Crippen LogP contribution in [0.5, 0.6) is 5.75 Å². The zero-order valence-corrected chi connectivity index (χ0v) is 15.1. The molecule has 1 aromatic carbocycles. The lowest BCUT2D eigenvalue weighted by atomic mass is 10.2. The van der Waals surface area contributed by atoms with Gasteiger partial charge in [0.2, 0.25) is 0 Å². The van der Waals surface area contributed by atoms with Crippen molar-refractivity contribution in [2.45, 2.75) is 33.2 Å². The molecule has 0 radical (unpaired) electrons. The molecule has 0 atom stereocenters. The van der Waals surface area contributed by atoms with E-state index in [-0.39, 0.29) is 17.2 Å². The minimum absolute atomic E-state index is 0.185. The lowest BCUT2D eigenvalue weighted by molar-refractivity contribution is 0.0765. The van der Waals surface area contributed by atoms with Crippen molar-refractivity contribution in [3.8, 4) is 5.75 Å². The Bertz CT molecular complexity index is 771. The average Bonchev–Trinajstić information content (AvgIpc) is 2.62. The molecule has 0 aliphatic carbocycles. The van der Waals surface area contributed by atoms with Crippen LogP contribution in [-0.4, -0.2) is 40.8 Å². The summed E-state index contributed by atoms with van der Waals surface area (Å²) in [5, 5.41) is 4.18. The molecule has 6 heteroatoms. The SMILES string of the molecule is CCCCn1nc(C(=O)N(C)CCOc2ccccc2C)ccc1=O. The van der Waals surface area contributed by atoms with Gasteiger partial charge in [-0.15, -0.1) is 0 Å². The molecule has 0 unspecified atom stereocenters. The van der Waals surface area contributed by atoms with Gasteiger partial charge in [-0.2, -0.15) is 5.10 Å². The molecule has 1 aromatic heterocycles. The second kappa shape index (κ2) is 9.01. The molecule has 0 aliphatic rings. The number of carbonyl (C=O) groups excluding carboxylic acids is 1. The van der Waals surface area contributed by atoms with E-state index in [0.29, 0.717) is 19.7 Å². The summed E-state index contributed by atoms with van der Waals surface area (Å²) in [7, 11) is 1.70. The Morgan fingerprint density at radius 2 is 2.00 bits per heavy atom. The van der Waals surface area contributed by atoms with Crippen molar-refractivity contribution in [2.24, 2.45) is 0 Å². The van der Waals surface area contributed by atoms with Crippen LogP contribution in [0, 0.1) is 6.92 Å². The van der Waals surface area contributed by atoms with Gasteiger partial charge in [-0.05, 0) is 31.0 Å². The summed E-state index contributed by atoms with van der Waals surface area (Å²) in [5.74, 6) is 0.591. The molecule has 0 saturated heterocycles. The molecule has 1 amide bonds. The molecule has 2 rings (SSSR count). The molecule has 0 spiro atoms. The van der Waals surface area contributed by atoms with Gasteiger partial charge in [0.05, 0.1) is 6.54 Å². The molecule has 0 saturated carbocycles. The normalized spacial score (nSPS) is 10.5. The Balaban J connectivity index is 1.95. The minimum atomic E-state index is -0.223. The van der Waals surface area contributed by atoms with Crippen molar-refractivity contribution in [2.75, 3.05) is 20.2 Å². The minimum Gasteiger partial charge on any atom is -0.491 e. The number of amides is 1. The Labute approximate surface area is 148 Å². The monoisotopic (exact) mass is 343 g/mol. The number of unbranched alkanes of at least 4 members (excludes halogenated alkanes) is 1. The number of hydrogen-bond acceptors (Lipinski definition) is 4. The molecule has 6 nitrogen and oxygen atoms in total. The van der Waals surface area contributed by atoms with Crippen LogP contribution in [0.3, 0.4) is 0 Å². The van der Waals surface area contributed by atoms with Crippen molar-refractivity contribution < 1.29 is 9.53 Å². The first-order chi connectivity index (χ1) is 12.0. The maximum Gasteiger partial charge on any atom is 0.274 e. The fraction of sp³-hybridized carbons (Fsp3) is 0.421.